The first kappa shape index (κ1) is 20.3. The molecule has 2 aromatic carbocycles. The molecular formula is C21H19N5O4. The van der Waals surface area contributed by atoms with E-state index in [0.29, 0.717) is 22.5 Å². The van der Waals surface area contributed by atoms with Crippen molar-refractivity contribution in [3.8, 4) is 0 Å². The summed E-state index contributed by atoms with van der Waals surface area (Å²) in [5.74, 6) is -0.652. The van der Waals surface area contributed by atoms with Gasteiger partial charge < -0.3 is 26.7 Å². The number of aromatic nitrogens is 1. The molecule has 9 nitrogen and oxygen atoms in total. The van der Waals surface area contributed by atoms with E-state index >= 15 is 0 Å². The molecule has 3 aromatic rings. The van der Waals surface area contributed by atoms with Crippen LogP contribution in [0.25, 0.3) is 0 Å². The average Bonchev–Trinajstić information content (AvgIpc) is 2.73. The van der Waals surface area contributed by atoms with Crippen molar-refractivity contribution in [3.63, 3.8) is 0 Å². The van der Waals surface area contributed by atoms with Gasteiger partial charge in [0.2, 0.25) is 5.56 Å². The summed E-state index contributed by atoms with van der Waals surface area (Å²) in [5, 5.41) is 7.95. The number of carbonyl (C=O) groups is 3. The number of rotatable bonds is 6. The van der Waals surface area contributed by atoms with E-state index in [0.717, 1.165) is 5.56 Å². The van der Waals surface area contributed by atoms with Crippen molar-refractivity contribution >= 4 is 29.2 Å². The van der Waals surface area contributed by atoms with Gasteiger partial charge in [-0.3, -0.25) is 14.4 Å². The fourth-order valence-corrected chi connectivity index (χ4v) is 2.65. The third kappa shape index (κ3) is 5.55. The Bertz CT molecular complexity index is 1120. The Morgan fingerprint density at radius 1 is 0.833 bits per heavy atom. The number of hydrogen-bond acceptors (Lipinski definition) is 4. The maximum atomic E-state index is 12.3. The van der Waals surface area contributed by atoms with E-state index in [-0.39, 0.29) is 23.9 Å². The number of H-pyrrole nitrogens is 1. The summed E-state index contributed by atoms with van der Waals surface area (Å²) in [4.78, 5) is 48.9. The highest BCUT2D eigenvalue weighted by molar-refractivity contribution is 6.04. The van der Waals surface area contributed by atoms with Crippen LogP contribution in [0, 0.1) is 0 Å². The average molecular weight is 405 g/mol. The van der Waals surface area contributed by atoms with E-state index < -0.39 is 6.03 Å². The number of anilines is 2. The van der Waals surface area contributed by atoms with Crippen molar-refractivity contribution in [1.82, 2.24) is 10.3 Å². The number of benzene rings is 2. The van der Waals surface area contributed by atoms with Crippen molar-refractivity contribution in [1.29, 1.82) is 0 Å². The Balaban J connectivity index is 1.59. The second kappa shape index (κ2) is 9.20. The van der Waals surface area contributed by atoms with Crippen LogP contribution in [0.4, 0.5) is 16.2 Å². The molecule has 0 aliphatic heterocycles. The van der Waals surface area contributed by atoms with Gasteiger partial charge in [0.05, 0.1) is 5.56 Å². The minimum absolute atomic E-state index is 0.252. The van der Waals surface area contributed by atoms with Gasteiger partial charge in [-0.2, -0.15) is 0 Å². The first-order valence-corrected chi connectivity index (χ1v) is 8.94. The van der Waals surface area contributed by atoms with Gasteiger partial charge in [0.15, 0.2) is 0 Å². The molecule has 0 fully saturated rings. The van der Waals surface area contributed by atoms with Crippen molar-refractivity contribution in [2.24, 2.45) is 5.73 Å². The molecule has 6 N–H and O–H groups in total. The van der Waals surface area contributed by atoms with Crippen LogP contribution in [-0.2, 0) is 6.54 Å². The van der Waals surface area contributed by atoms with Crippen molar-refractivity contribution < 1.29 is 14.4 Å². The van der Waals surface area contributed by atoms with E-state index in [1.54, 1.807) is 42.5 Å². The number of carbonyl (C=O) groups excluding carboxylic acids is 3. The largest absolute Gasteiger partial charge is 0.351 e. The molecule has 0 aliphatic rings. The summed E-state index contributed by atoms with van der Waals surface area (Å²) in [6.45, 7) is 0.252. The molecule has 0 spiro atoms. The molecule has 0 aliphatic carbocycles. The lowest BCUT2D eigenvalue weighted by Gasteiger charge is -2.09. The lowest BCUT2D eigenvalue weighted by molar-refractivity contribution is 0.0950. The first-order chi connectivity index (χ1) is 14.4. The second-order valence-electron chi connectivity index (χ2n) is 6.35. The Morgan fingerprint density at radius 3 is 2.23 bits per heavy atom. The van der Waals surface area contributed by atoms with Crippen LogP contribution in [0.2, 0.25) is 0 Å². The van der Waals surface area contributed by atoms with Crippen molar-refractivity contribution in [2.75, 3.05) is 10.6 Å². The molecule has 9 heteroatoms. The minimum atomic E-state index is -0.681. The Kier molecular flexibility index (Phi) is 6.23. The summed E-state index contributed by atoms with van der Waals surface area (Å²) in [7, 11) is 0. The first-order valence-electron chi connectivity index (χ1n) is 8.94. The number of urea groups is 1. The third-order valence-corrected chi connectivity index (χ3v) is 4.10. The van der Waals surface area contributed by atoms with Gasteiger partial charge in [0, 0.05) is 35.7 Å². The predicted molar refractivity (Wildman–Crippen MR) is 112 cm³/mol. The van der Waals surface area contributed by atoms with E-state index in [1.807, 2.05) is 6.07 Å². The van der Waals surface area contributed by atoms with Crippen LogP contribution in [0.3, 0.4) is 0 Å². The van der Waals surface area contributed by atoms with E-state index in [2.05, 4.69) is 20.9 Å². The predicted octanol–water partition coefficient (Wildman–Crippen LogP) is 2.05. The number of primary amides is 1. The number of amides is 4. The zero-order valence-electron chi connectivity index (χ0n) is 15.8. The van der Waals surface area contributed by atoms with Gasteiger partial charge in [-0.05, 0) is 48.0 Å². The Labute approximate surface area is 171 Å². The molecule has 0 saturated carbocycles. The maximum absolute atomic E-state index is 12.3. The van der Waals surface area contributed by atoms with Crippen LogP contribution in [0.5, 0.6) is 0 Å². The molecule has 152 valence electrons. The van der Waals surface area contributed by atoms with Gasteiger partial charge in [-0.25, -0.2) is 4.79 Å². The second-order valence-corrected chi connectivity index (χ2v) is 6.35. The van der Waals surface area contributed by atoms with Gasteiger partial charge in [0.1, 0.15) is 0 Å². The van der Waals surface area contributed by atoms with Crippen molar-refractivity contribution in [3.05, 3.63) is 93.9 Å². The lowest BCUT2D eigenvalue weighted by Crippen LogP contribution is -2.23. The minimum Gasteiger partial charge on any atom is -0.351 e. The smallest absolute Gasteiger partial charge is 0.316 e. The summed E-state index contributed by atoms with van der Waals surface area (Å²) < 4.78 is 0. The van der Waals surface area contributed by atoms with Crippen molar-refractivity contribution in [2.45, 2.75) is 6.54 Å². The highest BCUT2D eigenvalue weighted by Gasteiger charge is 2.08. The van der Waals surface area contributed by atoms with Gasteiger partial charge in [-0.15, -0.1) is 0 Å². The van der Waals surface area contributed by atoms with Crippen LogP contribution in [0.1, 0.15) is 26.3 Å². The molecule has 0 saturated heterocycles. The SMILES string of the molecule is NC(=O)Nc1ccc(C(=O)NCc2cccc(NC(=O)c3ccc(=O)[nH]c3)c2)cc1. The molecule has 1 aromatic heterocycles. The third-order valence-electron chi connectivity index (χ3n) is 4.10. The standard InChI is InChI=1S/C21H19N5O4/c22-21(30)26-16-7-4-14(5-8-16)19(28)24-11-13-2-1-3-17(10-13)25-20(29)15-6-9-18(27)23-12-15/h1-10,12H,11H2,(H,23,27)(H,24,28)(H,25,29)(H3,22,26,30). The molecule has 0 unspecified atom stereocenters. The monoisotopic (exact) mass is 405 g/mol. The molecule has 4 amide bonds. The highest BCUT2D eigenvalue weighted by atomic mass is 16.2. The van der Waals surface area contributed by atoms with Crippen LogP contribution in [-0.4, -0.2) is 22.8 Å². The Morgan fingerprint density at radius 2 is 1.57 bits per heavy atom. The summed E-state index contributed by atoms with van der Waals surface area (Å²) >= 11 is 0. The normalized spacial score (nSPS) is 10.1. The number of hydrogen-bond donors (Lipinski definition) is 5. The van der Waals surface area contributed by atoms with Gasteiger partial charge in [0.25, 0.3) is 11.8 Å². The molecule has 1 heterocycles. The number of aromatic amines is 1. The fraction of sp³-hybridized carbons (Fsp3) is 0.0476. The fourth-order valence-electron chi connectivity index (χ4n) is 2.65. The quantitative estimate of drug-likeness (QED) is 0.427. The zero-order valence-corrected chi connectivity index (χ0v) is 15.8. The molecule has 0 atom stereocenters. The lowest BCUT2D eigenvalue weighted by atomic mass is 10.1. The number of nitrogens with one attached hydrogen (secondary N) is 4. The summed E-state index contributed by atoms with van der Waals surface area (Å²) in [6.07, 6.45) is 1.34. The topological polar surface area (TPSA) is 146 Å². The molecule has 0 bridgehead atoms. The van der Waals surface area contributed by atoms with E-state index in [9.17, 15) is 19.2 Å². The Hall–Kier alpha value is -4.40. The zero-order chi connectivity index (χ0) is 21.5. The molecule has 3 rings (SSSR count). The van der Waals surface area contributed by atoms with E-state index in [1.165, 1.54) is 18.3 Å². The van der Waals surface area contributed by atoms with Gasteiger partial charge in [-0.1, -0.05) is 12.1 Å². The molecule has 0 radical (unpaired) electrons. The van der Waals surface area contributed by atoms with Crippen LogP contribution >= 0.6 is 0 Å². The summed E-state index contributed by atoms with van der Waals surface area (Å²) in [6, 6.07) is 15.4. The van der Waals surface area contributed by atoms with Gasteiger partial charge >= 0.3 is 6.03 Å². The maximum Gasteiger partial charge on any atom is 0.316 e. The van der Waals surface area contributed by atoms with Crippen LogP contribution in [0.15, 0.2) is 71.7 Å². The number of nitrogens with two attached hydrogens (primary N) is 1. The molecule has 30 heavy (non-hydrogen) atoms. The van der Waals surface area contributed by atoms with Crippen LogP contribution < -0.4 is 27.2 Å². The highest BCUT2D eigenvalue weighted by Crippen LogP contribution is 2.13. The molecular weight excluding hydrogens is 386 g/mol. The summed E-state index contributed by atoms with van der Waals surface area (Å²) in [5.41, 5.74) is 7.34. The van der Waals surface area contributed by atoms with E-state index in [4.69, 9.17) is 5.73 Å². The number of pyridine rings is 1.